The molecular formula is C20H20N2O. The van der Waals surface area contributed by atoms with Gasteiger partial charge in [0.25, 0.3) is 0 Å². The SMILES string of the molecule is CCCn1c2ccccc2c2c(C)c3c[n+]([O-])ccc3c(C)c21. The van der Waals surface area contributed by atoms with Crippen LogP contribution in [0.3, 0.4) is 0 Å². The third-order valence-electron chi connectivity index (χ3n) is 4.89. The Bertz CT molecular complexity index is 1060. The quantitative estimate of drug-likeness (QED) is 0.393. The molecule has 0 unspecified atom stereocenters. The third-order valence-corrected chi connectivity index (χ3v) is 4.89. The van der Waals surface area contributed by atoms with Crippen LogP contribution in [0.5, 0.6) is 0 Å². The fourth-order valence-electron chi connectivity index (χ4n) is 3.89. The molecule has 0 saturated heterocycles. The van der Waals surface area contributed by atoms with Crippen molar-refractivity contribution in [1.29, 1.82) is 0 Å². The van der Waals surface area contributed by atoms with E-state index in [9.17, 15) is 5.21 Å². The Balaban J connectivity index is 2.33. The zero-order valence-electron chi connectivity index (χ0n) is 13.8. The van der Waals surface area contributed by atoms with Crippen LogP contribution in [0.15, 0.2) is 42.7 Å². The lowest BCUT2D eigenvalue weighted by molar-refractivity contribution is -0.603. The molecule has 2 aromatic heterocycles. The first-order valence-corrected chi connectivity index (χ1v) is 8.16. The summed E-state index contributed by atoms with van der Waals surface area (Å²) < 4.78 is 3.33. The Morgan fingerprint density at radius 2 is 1.78 bits per heavy atom. The molecule has 0 spiro atoms. The van der Waals surface area contributed by atoms with Crippen molar-refractivity contribution in [1.82, 2.24) is 4.57 Å². The van der Waals surface area contributed by atoms with Gasteiger partial charge in [-0.2, -0.15) is 4.73 Å². The molecule has 0 aliphatic carbocycles. The number of rotatable bonds is 2. The molecule has 0 N–H and O–H groups in total. The minimum absolute atomic E-state index is 0.895. The maximum atomic E-state index is 11.8. The maximum absolute atomic E-state index is 11.8. The Morgan fingerprint density at radius 3 is 2.57 bits per heavy atom. The molecule has 0 bridgehead atoms. The molecule has 0 saturated carbocycles. The van der Waals surface area contributed by atoms with Crippen molar-refractivity contribution in [2.24, 2.45) is 0 Å². The van der Waals surface area contributed by atoms with E-state index in [4.69, 9.17) is 0 Å². The predicted octanol–water partition coefficient (Wildman–Crippen LogP) is 4.61. The topological polar surface area (TPSA) is 31.9 Å². The van der Waals surface area contributed by atoms with Gasteiger partial charge >= 0.3 is 0 Å². The summed E-state index contributed by atoms with van der Waals surface area (Å²) in [4.78, 5) is 0. The van der Waals surface area contributed by atoms with Crippen molar-refractivity contribution in [2.75, 3.05) is 0 Å². The molecular weight excluding hydrogens is 284 g/mol. The van der Waals surface area contributed by atoms with Gasteiger partial charge < -0.3 is 9.77 Å². The molecule has 2 aromatic carbocycles. The first-order chi connectivity index (χ1) is 11.1. The second-order valence-electron chi connectivity index (χ2n) is 6.27. The number of benzene rings is 2. The summed E-state index contributed by atoms with van der Waals surface area (Å²) in [6, 6.07) is 10.5. The lowest BCUT2D eigenvalue weighted by Crippen LogP contribution is -2.24. The van der Waals surface area contributed by atoms with Crippen LogP contribution >= 0.6 is 0 Å². The molecule has 2 heterocycles. The van der Waals surface area contributed by atoms with E-state index in [0.717, 1.165) is 23.1 Å². The van der Waals surface area contributed by atoms with Gasteiger partial charge in [-0.25, -0.2) is 0 Å². The van der Waals surface area contributed by atoms with Crippen LogP contribution in [0.1, 0.15) is 24.5 Å². The van der Waals surface area contributed by atoms with Gasteiger partial charge in [-0.15, -0.1) is 0 Å². The van der Waals surface area contributed by atoms with Gasteiger partial charge in [0, 0.05) is 28.9 Å². The maximum Gasteiger partial charge on any atom is 0.188 e. The molecule has 4 rings (SSSR count). The molecule has 0 aliphatic rings. The molecule has 23 heavy (non-hydrogen) atoms. The average Bonchev–Trinajstić information content (AvgIpc) is 2.88. The minimum atomic E-state index is 0.895. The number of nitrogens with zero attached hydrogens (tertiary/aromatic N) is 2. The number of fused-ring (bicyclic) bond motifs is 4. The lowest BCUT2D eigenvalue weighted by Gasteiger charge is -2.12. The summed E-state index contributed by atoms with van der Waals surface area (Å²) in [5.41, 5.74) is 5.03. The van der Waals surface area contributed by atoms with E-state index in [2.05, 4.69) is 49.6 Å². The highest BCUT2D eigenvalue weighted by molar-refractivity contribution is 6.16. The normalized spacial score (nSPS) is 11.8. The van der Waals surface area contributed by atoms with Gasteiger partial charge in [-0.3, -0.25) is 0 Å². The zero-order valence-corrected chi connectivity index (χ0v) is 13.8. The number of aryl methyl sites for hydroxylation is 3. The first kappa shape index (κ1) is 14.1. The average molecular weight is 304 g/mol. The largest absolute Gasteiger partial charge is 0.619 e. The summed E-state index contributed by atoms with van der Waals surface area (Å²) >= 11 is 0. The number of pyridine rings is 1. The fraction of sp³-hybridized carbons (Fsp3) is 0.250. The summed E-state index contributed by atoms with van der Waals surface area (Å²) in [6.07, 6.45) is 4.39. The van der Waals surface area contributed by atoms with Crippen LogP contribution in [-0.4, -0.2) is 4.57 Å². The molecule has 0 radical (unpaired) electrons. The number of hydrogen-bond donors (Lipinski definition) is 0. The second-order valence-corrected chi connectivity index (χ2v) is 6.27. The van der Waals surface area contributed by atoms with E-state index < -0.39 is 0 Å². The van der Waals surface area contributed by atoms with Crippen molar-refractivity contribution in [3.63, 3.8) is 0 Å². The minimum Gasteiger partial charge on any atom is -0.619 e. The van der Waals surface area contributed by atoms with E-state index in [-0.39, 0.29) is 0 Å². The van der Waals surface area contributed by atoms with E-state index in [1.807, 2.05) is 6.07 Å². The monoisotopic (exact) mass is 304 g/mol. The Morgan fingerprint density at radius 1 is 1.00 bits per heavy atom. The summed E-state index contributed by atoms with van der Waals surface area (Å²) in [6.45, 7) is 7.52. The lowest BCUT2D eigenvalue weighted by atomic mass is 9.97. The highest BCUT2D eigenvalue weighted by Crippen LogP contribution is 2.38. The molecule has 0 aliphatic heterocycles. The van der Waals surface area contributed by atoms with Crippen LogP contribution in [0, 0.1) is 19.1 Å². The molecule has 0 atom stereocenters. The second kappa shape index (κ2) is 4.98. The van der Waals surface area contributed by atoms with Crippen molar-refractivity contribution >= 4 is 32.6 Å². The zero-order chi connectivity index (χ0) is 16.1. The summed E-state index contributed by atoms with van der Waals surface area (Å²) in [7, 11) is 0. The Labute approximate surface area is 135 Å². The van der Waals surface area contributed by atoms with Gasteiger partial charge in [0.1, 0.15) is 0 Å². The third kappa shape index (κ3) is 1.86. The molecule has 0 fully saturated rings. The fourth-order valence-corrected chi connectivity index (χ4v) is 3.89. The van der Waals surface area contributed by atoms with Gasteiger partial charge in [0.15, 0.2) is 12.4 Å². The van der Waals surface area contributed by atoms with Crippen molar-refractivity contribution in [3.05, 3.63) is 59.1 Å². The number of aromatic nitrogens is 2. The van der Waals surface area contributed by atoms with E-state index in [1.54, 1.807) is 12.4 Å². The van der Waals surface area contributed by atoms with Crippen molar-refractivity contribution in [3.8, 4) is 0 Å². The van der Waals surface area contributed by atoms with Gasteiger partial charge in [0.05, 0.1) is 10.9 Å². The highest BCUT2D eigenvalue weighted by Gasteiger charge is 2.18. The van der Waals surface area contributed by atoms with Gasteiger partial charge in [0.2, 0.25) is 0 Å². The predicted molar refractivity (Wildman–Crippen MR) is 95.7 cm³/mol. The molecule has 0 amide bonds. The smallest absolute Gasteiger partial charge is 0.188 e. The van der Waals surface area contributed by atoms with Crippen molar-refractivity contribution < 1.29 is 4.73 Å². The van der Waals surface area contributed by atoms with Gasteiger partial charge in [-0.1, -0.05) is 25.1 Å². The standard InChI is InChI=1S/C20H20N2O/c1-4-10-22-18-8-6-5-7-16(18)19-13(2)17-12-21(23)11-9-15(17)14(3)20(19)22/h5-9,11-12H,4,10H2,1-3H3. The summed E-state index contributed by atoms with van der Waals surface area (Å²) in [5, 5.41) is 16.5. The van der Waals surface area contributed by atoms with E-state index >= 15 is 0 Å². The Hall–Kier alpha value is -2.55. The molecule has 3 heteroatoms. The number of hydrogen-bond acceptors (Lipinski definition) is 1. The van der Waals surface area contributed by atoms with Crippen molar-refractivity contribution in [2.45, 2.75) is 33.7 Å². The van der Waals surface area contributed by atoms with Crippen LogP contribution in [-0.2, 0) is 6.54 Å². The molecule has 4 aromatic rings. The molecule has 116 valence electrons. The van der Waals surface area contributed by atoms with Gasteiger partial charge in [-0.05, 0) is 42.8 Å². The Kier molecular flexibility index (Phi) is 3.05. The van der Waals surface area contributed by atoms with Crippen LogP contribution in [0.4, 0.5) is 0 Å². The molecule has 3 nitrogen and oxygen atoms in total. The highest BCUT2D eigenvalue weighted by atomic mass is 16.5. The first-order valence-electron chi connectivity index (χ1n) is 8.16. The number of para-hydroxylation sites is 1. The van der Waals surface area contributed by atoms with Crippen LogP contribution in [0.2, 0.25) is 0 Å². The van der Waals surface area contributed by atoms with E-state index in [1.165, 1.54) is 38.3 Å². The van der Waals surface area contributed by atoms with E-state index in [0.29, 0.717) is 0 Å². The summed E-state index contributed by atoms with van der Waals surface area (Å²) in [5.74, 6) is 0. The van der Waals surface area contributed by atoms with Crippen LogP contribution in [0.25, 0.3) is 32.6 Å². The van der Waals surface area contributed by atoms with Crippen LogP contribution < -0.4 is 4.73 Å².